The number of hydrogen-bond donors (Lipinski definition) is 1. The molecule has 3 aromatic rings. The number of hydrogen-bond acceptors (Lipinski definition) is 7. The lowest BCUT2D eigenvalue weighted by Crippen LogP contribution is -2.37. The number of nitrogens with zero attached hydrogens (tertiary/aromatic N) is 2. The quantitative estimate of drug-likeness (QED) is 0.517. The number of ether oxygens (including phenoxy) is 2. The zero-order valence-electron chi connectivity index (χ0n) is 17.8. The fourth-order valence-electron chi connectivity index (χ4n) is 3.87. The minimum absolute atomic E-state index is 0.00455. The highest BCUT2D eigenvalue weighted by molar-refractivity contribution is 7.13. The van der Waals surface area contributed by atoms with Crippen LogP contribution in [0.25, 0.3) is 10.6 Å². The first-order valence-electron chi connectivity index (χ1n) is 10.4. The van der Waals surface area contributed by atoms with Gasteiger partial charge >= 0.3 is 0 Å². The van der Waals surface area contributed by atoms with Gasteiger partial charge < -0.3 is 14.8 Å². The third kappa shape index (κ3) is 5.26. The molecule has 0 saturated carbocycles. The van der Waals surface area contributed by atoms with Crippen LogP contribution in [0.15, 0.2) is 41.1 Å². The predicted molar refractivity (Wildman–Crippen MR) is 125 cm³/mol. The Balaban J connectivity index is 1.37. The SMILES string of the molecule is COc1ccc(-c2nc(CC(=O)NCC(c3cccs3)N3CCCC3)cs2)cc1OC. The third-order valence-corrected chi connectivity index (χ3v) is 7.38. The number of aromatic nitrogens is 1. The van der Waals surface area contributed by atoms with Gasteiger partial charge in [-0.1, -0.05) is 6.07 Å². The van der Waals surface area contributed by atoms with E-state index in [0.717, 1.165) is 29.4 Å². The molecule has 1 aromatic carbocycles. The number of likely N-dealkylation sites (tertiary alicyclic amines) is 1. The molecule has 0 aliphatic carbocycles. The Bertz CT molecular complexity index is 997. The van der Waals surface area contributed by atoms with Gasteiger partial charge in [-0.15, -0.1) is 22.7 Å². The highest BCUT2D eigenvalue weighted by atomic mass is 32.1. The maximum Gasteiger partial charge on any atom is 0.226 e. The molecular formula is C23H27N3O3S2. The van der Waals surface area contributed by atoms with Gasteiger partial charge in [-0.05, 0) is 55.6 Å². The van der Waals surface area contributed by atoms with E-state index in [2.05, 4.69) is 32.7 Å². The average Bonchev–Trinajstić information content (AvgIpc) is 3.56. The first-order chi connectivity index (χ1) is 15.2. The molecule has 1 amide bonds. The van der Waals surface area contributed by atoms with Crippen LogP contribution in [0.1, 0.15) is 29.5 Å². The molecule has 3 heterocycles. The van der Waals surface area contributed by atoms with Gasteiger partial charge in [0.25, 0.3) is 0 Å². The molecule has 6 nitrogen and oxygen atoms in total. The molecule has 0 radical (unpaired) electrons. The summed E-state index contributed by atoms with van der Waals surface area (Å²) >= 11 is 3.28. The summed E-state index contributed by atoms with van der Waals surface area (Å²) in [7, 11) is 3.23. The summed E-state index contributed by atoms with van der Waals surface area (Å²) < 4.78 is 10.7. The van der Waals surface area contributed by atoms with Crippen LogP contribution in [0.3, 0.4) is 0 Å². The molecule has 1 aliphatic rings. The number of methoxy groups -OCH3 is 2. The van der Waals surface area contributed by atoms with Crippen LogP contribution < -0.4 is 14.8 Å². The Hall–Kier alpha value is -2.42. The monoisotopic (exact) mass is 457 g/mol. The molecular weight excluding hydrogens is 430 g/mol. The summed E-state index contributed by atoms with van der Waals surface area (Å²) in [6.07, 6.45) is 2.74. The van der Waals surface area contributed by atoms with E-state index in [1.165, 1.54) is 29.1 Å². The lowest BCUT2D eigenvalue weighted by Gasteiger charge is -2.26. The average molecular weight is 458 g/mol. The van der Waals surface area contributed by atoms with Crippen LogP contribution in [0.4, 0.5) is 0 Å². The molecule has 4 rings (SSSR count). The maximum atomic E-state index is 12.6. The first-order valence-corrected chi connectivity index (χ1v) is 12.1. The van der Waals surface area contributed by atoms with E-state index < -0.39 is 0 Å². The van der Waals surface area contributed by atoms with Crippen LogP contribution >= 0.6 is 22.7 Å². The van der Waals surface area contributed by atoms with E-state index in [1.54, 1.807) is 25.6 Å². The second-order valence-electron chi connectivity index (χ2n) is 7.47. The zero-order valence-corrected chi connectivity index (χ0v) is 19.4. The first kappa shape index (κ1) is 21.8. The summed E-state index contributed by atoms with van der Waals surface area (Å²) in [6, 6.07) is 10.2. The highest BCUT2D eigenvalue weighted by Gasteiger charge is 2.24. The molecule has 1 aliphatic heterocycles. The van der Waals surface area contributed by atoms with Gasteiger partial charge in [0, 0.05) is 22.4 Å². The lowest BCUT2D eigenvalue weighted by molar-refractivity contribution is -0.120. The number of rotatable bonds is 9. The van der Waals surface area contributed by atoms with Crippen molar-refractivity contribution in [3.63, 3.8) is 0 Å². The molecule has 164 valence electrons. The largest absolute Gasteiger partial charge is 0.493 e. The second-order valence-corrected chi connectivity index (χ2v) is 9.31. The Morgan fingerprint density at radius 1 is 1.16 bits per heavy atom. The molecule has 1 fully saturated rings. The van der Waals surface area contributed by atoms with E-state index in [-0.39, 0.29) is 18.4 Å². The Morgan fingerprint density at radius 2 is 1.97 bits per heavy atom. The Morgan fingerprint density at radius 3 is 2.68 bits per heavy atom. The molecule has 31 heavy (non-hydrogen) atoms. The smallest absolute Gasteiger partial charge is 0.226 e. The fraction of sp³-hybridized carbons (Fsp3) is 0.391. The normalized spacial score (nSPS) is 15.0. The number of nitrogens with one attached hydrogen (secondary N) is 1. The van der Waals surface area contributed by atoms with E-state index >= 15 is 0 Å². The molecule has 1 atom stereocenters. The van der Waals surface area contributed by atoms with Crippen molar-refractivity contribution in [1.29, 1.82) is 0 Å². The standard InChI is InChI=1S/C23H27N3O3S2/c1-28-19-8-7-16(12-20(19)29-2)23-25-17(15-31-23)13-22(27)24-14-18(21-6-5-11-30-21)26-9-3-4-10-26/h5-8,11-12,15,18H,3-4,9-10,13-14H2,1-2H3,(H,24,27). The maximum absolute atomic E-state index is 12.6. The third-order valence-electron chi connectivity index (χ3n) is 5.47. The van der Waals surface area contributed by atoms with Gasteiger partial charge in [0.2, 0.25) is 5.91 Å². The van der Waals surface area contributed by atoms with E-state index in [9.17, 15) is 4.79 Å². The van der Waals surface area contributed by atoms with Crippen molar-refractivity contribution in [3.8, 4) is 22.1 Å². The van der Waals surface area contributed by atoms with Gasteiger partial charge in [-0.2, -0.15) is 0 Å². The minimum Gasteiger partial charge on any atom is -0.493 e. The van der Waals surface area contributed by atoms with Crippen molar-refractivity contribution in [2.45, 2.75) is 25.3 Å². The summed E-state index contributed by atoms with van der Waals surface area (Å²) in [5.41, 5.74) is 1.72. The molecule has 0 bridgehead atoms. The molecule has 1 N–H and O–H groups in total. The molecule has 8 heteroatoms. The van der Waals surface area contributed by atoms with Gasteiger partial charge in [0.05, 0.1) is 32.4 Å². The molecule has 2 aromatic heterocycles. The molecule has 0 spiro atoms. The molecule has 1 unspecified atom stereocenters. The number of thiazole rings is 1. The molecule has 1 saturated heterocycles. The number of benzene rings is 1. The fourth-order valence-corrected chi connectivity index (χ4v) is 5.55. The number of amides is 1. The lowest BCUT2D eigenvalue weighted by atomic mass is 10.2. The Kier molecular flexibility index (Phi) is 7.21. The van der Waals surface area contributed by atoms with E-state index in [0.29, 0.717) is 18.0 Å². The summed E-state index contributed by atoms with van der Waals surface area (Å²) in [5, 5.41) is 8.04. The number of carbonyl (C=O) groups excluding carboxylic acids is 1. The van der Waals surface area contributed by atoms with Gasteiger partial charge in [-0.25, -0.2) is 4.98 Å². The van der Waals surface area contributed by atoms with Crippen molar-refractivity contribution in [3.05, 3.63) is 51.7 Å². The van der Waals surface area contributed by atoms with Crippen LogP contribution in [-0.4, -0.2) is 49.6 Å². The van der Waals surface area contributed by atoms with Crippen molar-refractivity contribution in [2.24, 2.45) is 0 Å². The van der Waals surface area contributed by atoms with Crippen molar-refractivity contribution in [2.75, 3.05) is 33.9 Å². The van der Waals surface area contributed by atoms with Crippen molar-refractivity contribution >= 4 is 28.6 Å². The summed E-state index contributed by atoms with van der Waals surface area (Å²) in [4.78, 5) is 21.1. The van der Waals surface area contributed by atoms with Gasteiger partial charge in [-0.3, -0.25) is 9.69 Å². The summed E-state index contributed by atoms with van der Waals surface area (Å²) in [5.74, 6) is 1.35. The van der Waals surface area contributed by atoms with Crippen LogP contribution in [0, 0.1) is 0 Å². The van der Waals surface area contributed by atoms with Gasteiger partial charge in [0.15, 0.2) is 11.5 Å². The summed E-state index contributed by atoms with van der Waals surface area (Å²) in [6.45, 7) is 2.82. The van der Waals surface area contributed by atoms with E-state index in [1.807, 2.05) is 23.6 Å². The topological polar surface area (TPSA) is 63.7 Å². The highest BCUT2D eigenvalue weighted by Crippen LogP contribution is 2.33. The Labute approximate surface area is 190 Å². The van der Waals surface area contributed by atoms with Crippen molar-refractivity contribution < 1.29 is 14.3 Å². The van der Waals surface area contributed by atoms with Crippen molar-refractivity contribution in [1.82, 2.24) is 15.2 Å². The minimum atomic E-state index is 0.00455. The second kappa shape index (κ2) is 10.3. The van der Waals surface area contributed by atoms with E-state index in [4.69, 9.17) is 9.47 Å². The van der Waals surface area contributed by atoms with Gasteiger partial charge in [0.1, 0.15) is 5.01 Å². The van der Waals surface area contributed by atoms with Crippen LogP contribution in [0.5, 0.6) is 11.5 Å². The predicted octanol–water partition coefficient (Wildman–Crippen LogP) is 4.38. The zero-order chi connectivity index (χ0) is 21.6. The van der Waals surface area contributed by atoms with Crippen LogP contribution in [-0.2, 0) is 11.2 Å². The number of thiophene rings is 1. The number of carbonyl (C=O) groups is 1. The van der Waals surface area contributed by atoms with Crippen LogP contribution in [0.2, 0.25) is 0 Å².